The second-order valence-electron chi connectivity index (χ2n) is 5.45. The summed E-state index contributed by atoms with van der Waals surface area (Å²) >= 11 is 0. The molecule has 1 aromatic heterocycles. The second kappa shape index (κ2) is 6.37. The van der Waals surface area contributed by atoms with E-state index in [1.54, 1.807) is 4.68 Å². The maximum Gasteiger partial charge on any atom is 0.257 e. The van der Waals surface area contributed by atoms with Crippen LogP contribution < -0.4 is 5.73 Å². The van der Waals surface area contributed by atoms with E-state index >= 15 is 0 Å². The Kier molecular flexibility index (Phi) is 4.77. The normalized spacial score (nSPS) is 17.3. The van der Waals surface area contributed by atoms with Gasteiger partial charge in [-0.2, -0.15) is 5.10 Å². The summed E-state index contributed by atoms with van der Waals surface area (Å²) in [5.41, 5.74) is 8.13. The van der Waals surface area contributed by atoms with Crippen molar-refractivity contribution in [2.75, 3.05) is 39.3 Å². The summed E-state index contributed by atoms with van der Waals surface area (Å²) < 4.78 is 1.78. The van der Waals surface area contributed by atoms with Crippen LogP contribution in [0, 0.1) is 13.8 Å². The monoisotopic (exact) mass is 279 g/mol. The molecule has 20 heavy (non-hydrogen) atoms. The van der Waals surface area contributed by atoms with Crippen molar-refractivity contribution in [3.8, 4) is 0 Å². The molecule has 0 unspecified atom stereocenters. The lowest BCUT2D eigenvalue weighted by atomic mass is 10.1. The molecule has 6 nitrogen and oxygen atoms in total. The molecule has 1 aliphatic heterocycles. The number of carbonyl (C=O) groups excluding carboxylic acids is 1. The third-order valence-electron chi connectivity index (χ3n) is 4.04. The number of amides is 1. The second-order valence-corrected chi connectivity index (χ2v) is 5.45. The Morgan fingerprint density at radius 2 is 2.00 bits per heavy atom. The number of aryl methyl sites for hydroxylation is 2. The number of nitrogens with zero attached hydrogens (tertiary/aromatic N) is 4. The highest BCUT2D eigenvalue weighted by atomic mass is 16.2. The highest BCUT2D eigenvalue weighted by Gasteiger charge is 2.24. The van der Waals surface area contributed by atoms with Crippen LogP contribution in [0.3, 0.4) is 0 Å². The van der Waals surface area contributed by atoms with E-state index in [0.29, 0.717) is 6.54 Å². The fourth-order valence-corrected chi connectivity index (χ4v) is 2.82. The van der Waals surface area contributed by atoms with E-state index in [0.717, 1.165) is 56.1 Å². The zero-order valence-electron chi connectivity index (χ0n) is 12.7. The predicted molar refractivity (Wildman–Crippen MR) is 78.7 cm³/mol. The van der Waals surface area contributed by atoms with Gasteiger partial charge in [-0.05, 0) is 26.8 Å². The molecular formula is C14H25N5O. The van der Waals surface area contributed by atoms with Crippen molar-refractivity contribution in [3.05, 3.63) is 17.0 Å². The van der Waals surface area contributed by atoms with Gasteiger partial charge in [0.15, 0.2) is 0 Å². The molecular weight excluding hydrogens is 254 g/mol. The topological polar surface area (TPSA) is 67.4 Å². The molecule has 1 fully saturated rings. The maximum atomic E-state index is 12.7. The molecule has 0 aliphatic carbocycles. The van der Waals surface area contributed by atoms with E-state index in [-0.39, 0.29) is 5.91 Å². The Morgan fingerprint density at radius 3 is 2.60 bits per heavy atom. The van der Waals surface area contributed by atoms with E-state index in [9.17, 15) is 4.79 Å². The zero-order chi connectivity index (χ0) is 14.7. The van der Waals surface area contributed by atoms with Crippen molar-refractivity contribution in [2.45, 2.75) is 20.3 Å². The molecule has 2 N–H and O–H groups in total. The minimum absolute atomic E-state index is 0.114. The van der Waals surface area contributed by atoms with Gasteiger partial charge in [0.1, 0.15) is 0 Å². The van der Waals surface area contributed by atoms with Gasteiger partial charge in [-0.15, -0.1) is 0 Å². The first-order chi connectivity index (χ1) is 9.54. The summed E-state index contributed by atoms with van der Waals surface area (Å²) in [5, 5.41) is 4.34. The quantitative estimate of drug-likeness (QED) is 0.855. The van der Waals surface area contributed by atoms with Crippen LogP contribution in [0.1, 0.15) is 28.2 Å². The summed E-state index contributed by atoms with van der Waals surface area (Å²) in [6, 6.07) is 0. The van der Waals surface area contributed by atoms with Crippen molar-refractivity contribution < 1.29 is 4.79 Å². The van der Waals surface area contributed by atoms with Gasteiger partial charge < -0.3 is 15.5 Å². The lowest BCUT2D eigenvalue weighted by Gasteiger charge is -2.21. The Labute approximate surface area is 120 Å². The number of rotatable bonds is 3. The van der Waals surface area contributed by atoms with Gasteiger partial charge in [0.05, 0.1) is 11.3 Å². The zero-order valence-corrected chi connectivity index (χ0v) is 12.7. The molecule has 6 heteroatoms. The van der Waals surface area contributed by atoms with Gasteiger partial charge in [-0.1, -0.05) is 0 Å². The first-order valence-electron chi connectivity index (χ1n) is 7.26. The average molecular weight is 279 g/mol. The van der Waals surface area contributed by atoms with Crippen molar-refractivity contribution in [1.82, 2.24) is 19.6 Å². The Bertz CT molecular complexity index is 482. The van der Waals surface area contributed by atoms with Crippen molar-refractivity contribution >= 4 is 5.91 Å². The standard InChI is InChI=1S/C14H25N5O/c1-11-13(12(2)17(3)16-11)14(20)19-7-4-6-18(8-5-15)9-10-19/h4-10,15H2,1-3H3. The predicted octanol–water partition coefficient (Wildman–Crippen LogP) is 0.144. The number of hydrogen-bond acceptors (Lipinski definition) is 4. The molecule has 1 aliphatic rings. The van der Waals surface area contributed by atoms with Gasteiger partial charge in [0.2, 0.25) is 0 Å². The van der Waals surface area contributed by atoms with Crippen LogP contribution in [0.25, 0.3) is 0 Å². The van der Waals surface area contributed by atoms with Crippen LogP contribution in [0.15, 0.2) is 0 Å². The van der Waals surface area contributed by atoms with Gasteiger partial charge in [0, 0.05) is 45.5 Å². The Balaban J connectivity index is 2.09. The molecule has 1 amide bonds. The minimum atomic E-state index is 0.114. The molecule has 2 heterocycles. The lowest BCUT2D eigenvalue weighted by molar-refractivity contribution is 0.0760. The van der Waals surface area contributed by atoms with E-state index in [4.69, 9.17) is 5.73 Å². The average Bonchev–Trinajstić information content (AvgIpc) is 2.59. The number of carbonyl (C=O) groups is 1. The van der Waals surface area contributed by atoms with Crippen LogP contribution in [0.5, 0.6) is 0 Å². The number of hydrogen-bond donors (Lipinski definition) is 1. The Hall–Kier alpha value is -1.40. The largest absolute Gasteiger partial charge is 0.337 e. The fourth-order valence-electron chi connectivity index (χ4n) is 2.82. The smallest absolute Gasteiger partial charge is 0.257 e. The molecule has 0 saturated carbocycles. The summed E-state index contributed by atoms with van der Waals surface area (Å²) in [6.45, 7) is 8.94. The molecule has 1 aromatic rings. The fraction of sp³-hybridized carbons (Fsp3) is 0.714. The molecule has 0 radical (unpaired) electrons. The molecule has 1 saturated heterocycles. The number of nitrogens with two attached hydrogens (primary N) is 1. The minimum Gasteiger partial charge on any atom is -0.337 e. The molecule has 112 valence electrons. The lowest BCUT2D eigenvalue weighted by Crippen LogP contribution is -2.37. The van der Waals surface area contributed by atoms with Gasteiger partial charge in [0.25, 0.3) is 5.91 Å². The van der Waals surface area contributed by atoms with Gasteiger partial charge in [-0.3, -0.25) is 9.48 Å². The van der Waals surface area contributed by atoms with Gasteiger partial charge in [-0.25, -0.2) is 0 Å². The van der Waals surface area contributed by atoms with Crippen LogP contribution in [-0.4, -0.2) is 64.8 Å². The first-order valence-corrected chi connectivity index (χ1v) is 7.26. The van der Waals surface area contributed by atoms with Crippen molar-refractivity contribution in [1.29, 1.82) is 0 Å². The van der Waals surface area contributed by atoms with E-state index in [2.05, 4.69) is 10.00 Å². The Morgan fingerprint density at radius 1 is 1.25 bits per heavy atom. The number of aromatic nitrogens is 2. The summed E-state index contributed by atoms with van der Waals surface area (Å²) in [6.07, 6.45) is 1.00. The molecule has 0 atom stereocenters. The van der Waals surface area contributed by atoms with Crippen LogP contribution in [-0.2, 0) is 7.05 Å². The molecule has 2 rings (SSSR count). The third-order valence-corrected chi connectivity index (χ3v) is 4.04. The van der Waals surface area contributed by atoms with Crippen LogP contribution in [0.2, 0.25) is 0 Å². The third kappa shape index (κ3) is 3.02. The van der Waals surface area contributed by atoms with Crippen molar-refractivity contribution in [3.63, 3.8) is 0 Å². The van der Waals surface area contributed by atoms with Gasteiger partial charge >= 0.3 is 0 Å². The summed E-state index contributed by atoms with van der Waals surface area (Å²) in [4.78, 5) is 17.0. The highest BCUT2D eigenvalue weighted by molar-refractivity contribution is 5.96. The molecule has 0 bridgehead atoms. The molecule has 0 spiro atoms. The van der Waals surface area contributed by atoms with E-state index in [1.807, 2.05) is 25.8 Å². The van der Waals surface area contributed by atoms with E-state index < -0.39 is 0 Å². The summed E-state index contributed by atoms with van der Waals surface area (Å²) in [5.74, 6) is 0.114. The molecule has 0 aromatic carbocycles. The van der Waals surface area contributed by atoms with Crippen molar-refractivity contribution in [2.24, 2.45) is 12.8 Å². The van der Waals surface area contributed by atoms with Crippen LogP contribution in [0.4, 0.5) is 0 Å². The van der Waals surface area contributed by atoms with E-state index in [1.165, 1.54) is 0 Å². The van der Waals surface area contributed by atoms with Crippen LogP contribution >= 0.6 is 0 Å². The summed E-state index contributed by atoms with van der Waals surface area (Å²) in [7, 11) is 1.88. The maximum absolute atomic E-state index is 12.7. The first kappa shape index (κ1) is 15.0. The highest BCUT2D eigenvalue weighted by Crippen LogP contribution is 2.16. The SMILES string of the molecule is Cc1nn(C)c(C)c1C(=O)N1CCCN(CCN)CC1.